The number of halogens is 1. The third kappa shape index (κ3) is 4.36. The van der Waals surface area contributed by atoms with Gasteiger partial charge in [0.1, 0.15) is 5.82 Å². The van der Waals surface area contributed by atoms with Crippen molar-refractivity contribution in [3.8, 4) is 0 Å². The van der Waals surface area contributed by atoms with E-state index >= 15 is 0 Å². The lowest BCUT2D eigenvalue weighted by atomic mass is 10.1. The summed E-state index contributed by atoms with van der Waals surface area (Å²) in [4.78, 5) is 25.5. The molecule has 160 valence electrons. The molecule has 30 heavy (non-hydrogen) atoms. The van der Waals surface area contributed by atoms with Gasteiger partial charge in [0.05, 0.1) is 28.3 Å². The molecule has 7 nitrogen and oxygen atoms in total. The fraction of sp³-hybridized carbons (Fsp3) is 0.333. The maximum absolute atomic E-state index is 14.1. The molecule has 9 heteroatoms. The summed E-state index contributed by atoms with van der Waals surface area (Å²) in [6.45, 7) is 4.27. The van der Waals surface area contributed by atoms with Crippen LogP contribution in [0, 0.1) is 5.82 Å². The highest BCUT2D eigenvalue weighted by molar-refractivity contribution is 7.89. The van der Waals surface area contributed by atoms with Crippen LogP contribution in [-0.2, 0) is 14.8 Å². The molecule has 0 spiro atoms. The topological polar surface area (TPSA) is 84.0 Å². The van der Waals surface area contributed by atoms with E-state index < -0.39 is 21.8 Å². The second-order valence-electron chi connectivity index (χ2n) is 6.83. The molecule has 0 aromatic heterocycles. The van der Waals surface area contributed by atoms with Crippen LogP contribution in [0.1, 0.15) is 34.6 Å². The largest absolute Gasteiger partial charge is 0.462 e. The summed E-state index contributed by atoms with van der Waals surface area (Å²) in [6, 6.07) is 10.0. The number of esters is 1. The Morgan fingerprint density at radius 1 is 1.03 bits per heavy atom. The number of carbonyl (C=O) groups is 2. The first-order valence-corrected chi connectivity index (χ1v) is 11.0. The Balaban J connectivity index is 1.74. The third-order valence-corrected chi connectivity index (χ3v) is 6.84. The lowest BCUT2D eigenvalue weighted by Crippen LogP contribution is -2.49. The zero-order valence-corrected chi connectivity index (χ0v) is 17.6. The van der Waals surface area contributed by atoms with Crippen molar-refractivity contribution in [3.63, 3.8) is 0 Å². The molecule has 0 radical (unpaired) electrons. The van der Waals surface area contributed by atoms with Crippen molar-refractivity contribution < 1.29 is 27.1 Å². The SMILES string of the molecule is CCOC(=O)c1ccc(S(=O)(=O)N2CCN(c3cccc(F)c3C(C)=O)CC2)cc1. The Hall–Kier alpha value is -2.78. The van der Waals surface area contributed by atoms with Gasteiger partial charge in [-0.2, -0.15) is 4.31 Å². The summed E-state index contributed by atoms with van der Waals surface area (Å²) in [5, 5.41) is 0. The van der Waals surface area contributed by atoms with Crippen LogP contribution < -0.4 is 4.90 Å². The maximum atomic E-state index is 14.1. The smallest absolute Gasteiger partial charge is 0.338 e. The van der Waals surface area contributed by atoms with E-state index in [1.807, 2.05) is 4.90 Å². The van der Waals surface area contributed by atoms with E-state index in [0.717, 1.165) is 0 Å². The number of Topliss-reactive ketones (excluding diaryl/α,β-unsaturated/α-hetero) is 1. The van der Waals surface area contributed by atoms with Crippen molar-refractivity contribution in [1.82, 2.24) is 4.31 Å². The van der Waals surface area contributed by atoms with Gasteiger partial charge in [-0.3, -0.25) is 4.79 Å². The first kappa shape index (κ1) is 21.9. The Morgan fingerprint density at radius 3 is 2.23 bits per heavy atom. The summed E-state index contributed by atoms with van der Waals surface area (Å²) in [6.07, 6.45) is 0. The van der Waals surface area contributed by atoms with Crippen molar-refractivity contribution >= 4 is 27.5 Å². The van der Waals surface area contributed by atoms with E-state index in [1.165, 1.54) is 47.6 Å². The first-order chi connectivity index (χ1) is 14.3. The van der Waals surface area contributed by atoms with Crippen molar-refractivity contribution in [3.05, 3.63) is 59.4 Å². The van der Waals surface area contributed by atoms with Crippen molar-refractivity contribution in [2.24, 2.45) is 0 Å². The number of ether oxygens (including phenoxy) is 1. The lowest BCUT2D eigenvalue weighted by molar-refractivity contribution is 0.0526. The predicted molar refractivity (Wildman–Crippen MR) is 110 cm³/mol. The summed E-state index contributed by atoms with van der Waals surface area (Å²) in [7, 11) is -3.74. The average Bonchev–Trinajstić information content (AvgIpc) is 2.73. The molecule has 1 aliphatic rings. The minimum atomic E-state index is -3.74. The van der Waals surface area contributed by atoms with Crippen LogP contribution in [0.3, 0.4) is 0 Å². The van der Waals surface area contributed by atoms with Gasteiger partial charge < -0.3 is 9.64 Å². The number of sulfonamides is 1. The van der Waals surface area contributed by atoms with Gasteiger partial charge in [-0.05, 0) is 50.2 Å². The van der Waals surface area contributed by atoms with Gasteiger partial charge in [0, 0.05) is 26.2 Å². The summed E-state index contributed by atoms with van der Waals surface area (Å²) in [5.41, 5.74) is 0.769. The molecule has 2 aromatic carbocycles. The quantitative estimate of drug-likeness (QED) is 0.514. The average molecular weight is 434 g/mol. The molecule has 1 fully saturated rings. The molecule has 2 aromatic rings. The molecule has 0 aliphatic carbocycles. The molecule has 0 unspecified atom stereocenters. The van der Waals surface area contributed by atoms with Gasteiger partial charge >= 0.3 is 5.97 Å². The van der Waals surface area contributed by atoms with Crippen LogP contribution in [0.15, 0.2) is 47.4 Å². The maximum Gasteiger partial charge on any atom is 0.338 e. The van der Waals surface area contributed by atoms with E-state index in [2.05, 4.69) is 0 Å². The van der Waals surface area contributed by atoms with E-state index in [1.54, 1.807) is 13.0 Å². The zero-order chi connectivity index (χ0) is 21.9. The van der Waals surface area contributed by atoms with Gasteiger partial charge in [0.15, 0.2) is 5.78 Å². The number of ketones is 1. The van der Waals surface area contributed by atoms with Crippen molar-refractivity contribution in [2.45, 2.75) is 18.7 Å². The first-order valence-electron chi connectivity index (χ1n) is 9.57. The fourth-order valence-corrected chi connectivity index (χ4v) is 4.84. The summed E-state index contributed by atoms with van der Waals surface area (Å²) in [5.74, 6) is -1.47. The number of piperazine rings is 1. The standard InChI is InChI=1S/C21H23FN2O5S/c1-3-29-21(26)16-7-9-17(10-8-16)30(27,28)24-13-11-23(12-14-24)19-6-4-5-18(22)20(19)15(2)25/h4-10H,3,11-14H2,1-2H3. The molecular weight excluding hydrogens is 411 g/mol. The number of hydrogen-bond acceptors (Lipinski definition) is 6. The molecule has 0 amide bonds. The molecule has 0 N–H and O–H groups in total. The fourth-order valence-electron chi connectivity index (χ4n) is 3.42. The van der Waals surface area contributed by atoms with Crippen LogP contribution in [-0.4, -0.2) is 57.3 Å². The second-order valence-corrected chi connectivity index (χ2v) is 8.76. The van der Waals surface area contributed by atoms with E-state index in [9.17, 15) is 22.4 Å². The molecule has 0 bridgehead atoms. The molecule has 1 heterocycles. The number of anilines is 1. The number of rotatable bonds is 6. The third-order valence-electron chi connectivity index (χ3n) is 4.93. The Labute approximate surface area is 175 Å². The second kappa shape index (κ2) is 8.93. The van der Waals surface area contributed by atoms with Crippen molar-refractivity contribution in [2.75, 3.05) is 37.7 Å². The zero-order valence-electron chi connectivity index (χ0n) is 16.8. The molecule has 0 atom stereocenters. The van der Waals surface area contributed by atoms with Crippen LogP contribution >= 0.6 is 0 Å². The van der Waals surface area contributed by atoms with Crippen LogP contribution in [0.5, 0.6) is 0 Å². The highest BCUT2D eigenvalue weighted by Gasteiger charge is 2.30. The minimum absolute atomic E-state index is 0.0170. The molecular formula is C21H23FN2O5S. The highest BCUT2D eigenvalue weighted by Crippen LogP contribution is 2.26. The van der Waals surface area contributed by atoms with E-state index in [4.69, 9.17) is 4.74 Å². The van der Waals surface area contributed by atoms with E-state index in [0.29, 0.717) is 18.8 Å². The van der Waals surface area contributed by atoms with Gasteiger partial charge in [-0.25, -0.2) is 17.6 Å². The Kier molecular flexibility index (Phi) is 6.52. The van der Waals surface area contributed by atoms with Gasteiger partial charge in [0.2, 0.25) is 10.0 Å². The molecule has 1 saturated heterocycles. The highest BCUT2D eigenvalue weighted by atomic mass is 32.2. The predicted octanol–water partition coefficient (Wildman–Crippen LogP) is 2.72. The summed E-state index contributed by atoms with van der Waals surface area (Å²) < 4.78 is 46.2. The summed E-state index contributed by atoms with van der Waals surface area (Å²) >= 11 is 0. The molecule has 1 aliphatic heterocycles. The Bertz CT molecular complexity index is 1050. The molecule has 0 saturated carbocycles. The van der Waals surface area contributed by atoms with E-state index in [-0.39, 0.29) is 41.5 Å². The lowest BCUT2D eigenvalue weighted by Gasteiger charge is -2.36. The van der Waals surface area contributed by atoms with Gasteiger partial charge in [-0.1, -0.05) is 6.07 Å². The number of hydrogen-bond donors (Lipinski definition) is 0. The number of benzene rings is 2. The normalized spacial score (nSPS) is 15.1. The minimum Gasteiger partial charge on any atom is -0.462 e. The number of nitrogens with zero attached hydrogens (tertiary/aromatic N) is 2. The van der Waals surface area contributed by atoms with Gasteiger partial charge in [-0.15, -0.1) is 0 Å². The molecule has 3 rings (SSSR count). The van der Waals surface area contributed by atoms with Crippen LogP contribution in [0.4, 0.5) is 10.1 Å². The van der Waals surface area contributed by atoms with Crippen LogP contribution in [0.25, 0.3) is 0 Å². The van der Waals surface area contributed by atoms with Gasteiger partial charge in [0.25, 0.3) is 0 Å². The van der Waals surface area contributed by atoms with Crippen LogP contribution in [0.2, 0.25) is 0 Å². The van der Waals surface area contributed by atoms with Crippen molar-refractivity contribution in [1.29, 1.82) is 0 Å². The Morgan fingerprint density at radius 2 is 1.67 bits per heavy atom. The number of carbonyl (C=O) groups excluding carboxylic acids is 2. The monoisotopic (exact) mass is 434 g/mol.